The Morgan fingerprint density at radius 1 is 1.13 bits per heavy atom. The maximum atomic E-state index is 12.9. The third kappa shape index (κ3) is 4.89. The molecule has 2 aromatic rings. The molecule has 0 aliphatic heterocycles. The van der Waals surface area contributed by atoms with Gasteiger partial charge in [0.25, 0.3) is 0 Å². The van der Waals surface area contributed by atoms with Crippen LogP contribution < -0.4 is 5.38 Å². The summed E-state index contributed by atoms with van der Waals surface area (Å²) in [5.41, 5.74) is 1.12. The van der Waals surface area contributed by atoms with Crippen molar-refractivity contribution in [1.82, 2.24) is 0 Å². The van der Waals surface area contributed by atoms with Gasteiger partial charge in [-0.15, -0.1) is 0 Å². The highest BCUT2D eigenvalue weighted by Crippen LogP contribution is 2.44. The average molecular weight is 429 g/mol. The Kier molecular flexibility index (Phi) is 6.63. The van der Waals surface area contributed by atoms with Crippen molar-refractivity contribution in [2.75, 3.05) is 0 Å². The summed E-state index contributed by atoms with van der Waals surface area (Å²) in [5, 5.41) is 11.5. The van der Waals surface area contributed by atoms with E-state index in [1.807, 2.05) is 12.1 Å². The first kappa shape index (κ1) is 22.8. The number of esters is 1. The first-order chi connectivity index (χ1) is 14.0. The van der Waals surface area contributed by atoms with Crippen LogP contribution in [0.1, 0.15) is 57.5 Å². The third-order valence-electron chi connectivity index (χ3n) is 6.62. The van der Waals surface area contributed by atoms with Crippen LogP contribution in [0.15, 0.2) is 46.9 Å². The van der Waals surface area contributed by atoms with Gasteiger partial charge in [-0.3, -0.25) is 0 Å². The fraction of sp³-hybridized carbons (Fsp3) is 0.560. The highest BCUT2D eigenvalue weighted by molar-refractivity contribution is 6.87. The van der Waals surface area contributed by atoms with Gasteiger partial charge in [-0.25, -0.2) is 4.79 Å². The Balaban J connectivity index is 1.78. The Hall–Kier alpha value is -1.85. The molecular formula is C25H36O4Si. The van der Waals surface area contributed by atoms with Crippen molar-refractivity contribution in [1.29, 1.82) is 0 Å². The molecule has 164 valence electrons. The number of carbonyl (C=O) groups excluding carboxylic acids is 1. The Bertz CT molecular complexity index is 850. The van der Waals surface area contributed by atoms with Crippen molar-refractivity contribution >= 4 is 19.4 Å². The molecule has 1 N–H and O–H groups in total. The van der Waals surface area contributed by atoms with Crippen LogP contribution in [-0.2, 0) is 14.9 Å². The largest absolute Gasteiger partial charge is 0.468 e. The summed E-state index contributed by atoms with van der Waals surface area (Å²) in [6, 6.07) is 14.0. The second kappa shape index (κ2) is 8.72. The SMILES string of the molecule is C[C@@H]1CC[C@@H](C(C)(C)c2ccccc2)[C@H](OC(=O)[C@@H](O)c2ccc([Si](C)(C)C)o2)C1. The standard InChI is InChI=1S/C25H36O4Si/c1-17-12-13-19(25(2,3)18-10-8-7-9-11-18)21(16-17)29-24(27)23(26)20-14-15-22(28-20)30(4,5)6/h7-11,14-15,17,19,21,23,26H,12-13,16H2,1-6H3/t17-,19-,21-,23+/m1/s1. The molecule has 0 spiro atoms. The van der Waals surface area contributed by atoms with E-state index >= 15 is 0 Å². The number of rotatable bonds is 6. The van der Waals surface area contributed by atoms with E-state index < -0.39 is 20.1 Å². The molecule has 1 aliphatic rings. The minimum Gasteiger partial charge on any atom is -0.468 e. The van der Waals surface area contributed by atoms with Crippen molar-refractivity contribution in [2.45, 2.75) is 77.3 Å². The van der Waals surface area contributed by atoms with E-state index in [-0.39, 0.29) is 23.2 Å². The highest BCUT2D eigenvalue weighted by Gasteiger charge is 2.42. The molecule has 30 heavy (non-hydrogen) atoms. The molecule has 1 aliphatic carbocycles. The minimum absolute atomic E-state index is 0.132. The second-order valence-electron chi connectivity index (χ2n) is 10.4. The van der Waals surface area contributed by atoms with Crippen LogP contribution in [0.5, 0.6) is 0 Å². The van der Waals surface area contributed by atoms with Gasteiger partial charge in [0, 0.05) is 5.92 Å². The summed E-state index contributed by atoms with van der Waals surface area (Å²) in [6.45, 7) is 13.2. The lowest BCUT2D eigenvalue weighted by Gasteiger charge is -2.44. The fourth-order valence-corrected chi connectivity index (χ4v) is 5.61. The molecule has 1 fully saturated rings. The van der Waals surface area contributed by atoms with Gasteiger partial charge in [0.2, 0.25) is 6.10 Å². The van der Waals surface area contributed by atoms with Crippen molar-refractivity contribution in [3.05, 3.63) is 53.8 Å². The Morgan fingerprint density at radius 3 is 2.40 bits per heavy atom. The minimum atomic E-state index is -1.65. The van der Waals surface area contributed by atoms with Gasteiger partial charge in [0.1, 0.15) is 19.9 Å². The van der Waals surface area contributed by atoms with Crippen molar-refractivity contribution < 1.29 is 19.1 Å². The molecule has 0 unspecified atom stereocenters. The number of aliphatic hydroxyl groups is 1. The van der Waals surface area contributed by atoms with E-state index in [1.165, 1.54) is 5.56 Å². The van der Waals surface area contributed by atoms with E-state index in [0.717, 1.165) is 24.6 Å². The summed E-state index contributed by atoms with van der Waals surface area (Å²) in [7, 11) is -1.65. The van der Waals surface area contributed by atoms with Crippen LogP contribution in [0.3, 0.4) is 0 Å². The molecule has 0 radical (unpaired) electrons. The van der Waals surface area contributed by atoms with Crippen LogP contribution in [0.25, 0.3) is 0 Å². The molecular weight excluding hydrogens is 392 g/mol. The topological polar surface area (TPSA) is 59.7 Å². The average Bonchev–Trinajstić information content (AvgIpc) is 3.18. The van der Waals surface area contributed by atoms with E-state index in [1.54, 1.807) is 6.07 Å². The van der Waals surface area contributed by atoms with Gasteiger partial charge in [-0.1, -0.05) is 77.2 Å². The van der Waals surface area contributed by atoms with Crippen LogP contribution in [-0.4, -0.2) is 25.3 Å². The summed E-state index contributed by atoms with van der Waals surface area (Å²) >= 11 is 0. The molecule has 1 heterocycles. The van der Waals surface area contributed by atoms with E-state index in [4.69, 9.17) is 9.15 Å². The van der Waals surface area contributed by atoms with Gasteiger partial charge < -0.3 is 14.3 Å². The zero-order chi connectivity index (χ0) is 22.1. The highest BCUT2D eigenvalue weighted by atomic mass is 28.3. The zero-order valence-electron chi connectivity index (χ0n) is 19.1. The first-order valence-electron chi connectivity index (χ1n) is 11.0. The summed E-state index contributed by atoms with van der Waals surface area (Å²) in [4.78, 5) is 12.9. The van der Waals surface area contributed by atoms with E-state index in [2.05, 4.69) is 64.7 Å². The monoisotopic (exact) mass is 428 g/mol. The van der Waals surface area contributed by atoms with E-state index in [9.17, 15) is 9.90 Å². The maximum absolute atomic E-state index is 12.9. The molecule has 1 aromatic heterocycles. The predicted molar refractivity (Wildman–Crippen MR) is 123 cm³/mol. The molecule has 0 saturated heterocycles. The van der Waals surface area contributed by atoms with Gasteiger partial charge in [-0.05, 0) is 41.9 Å². The first-order valence-corrected chi connectivity index (χ1v) is 14.5. The van der Waals surface area contributed by atoms with Gasteiger partial charge in [0.15, 0.2) is 0 Å². The lowest BCUT2D eigenvalue weighted by atomic mass is 9.64. The predicted octanol–water partition coefficient (Wildman–Crippen LogP) is 5.18. The molecule has 4 nitrogen and oxygen atoms in total. The number of furan rings is 1. The van der Waals surface area contributed by atoms with Crippen LogP contribution in [0.4, 0.5) is 0 Å². The molecule has 1 aromatic carbocycles. The molecule has 0 bridgehead atoms. The lowest BCUT2D eigenvalue weighted by Crippen LogP contribution is -2.44. The van der Waals surface area contributed by atoms with Crippen LogP contribution >= 0.6 is 0 Å². The van der Waals surface area contributed by atoms with Gasteiger partial charge >= 0.3 is 5.97 Å². The van der Waals surface area contributed by atoms with Gasteiger partial charge in [0.05, 0.1) is 5.38 Å². The Morgan fingerprint density at radius 2 is 1.80 bits per heavy atom. The quantitative estimate of drug-likeness (QED) is 0.508. The molecule has 4 atom stereocenters. The maximum Gasteiger partial charge on any atom is 0.343 e. The fourth-order valence-electron chi connectivity index (χ4n) is 4.60. The van der Waals surface area contributed by atoms with Crippen LogP contribution in [0, 0.1) is 11.8 Å². The number of ether oxygens (including phenoxy) is 1. The van der Waals surface area contributed by atoms with Crippen molar-refractivity contribution in [3.63, 3.8) is 0 Å². The molecule has 0 amide bonds. The van der Waals surface area contributed by atoms with Crippen molar-refractivity contribution in [3.8, 4) is 0 Å². The Labute approximate surface area is 181 Å². The smallest absolute Gasteiger partial charge is 0.343 e. The van der Waals surface area contributed by atoms with Gasteiger partial charge in [-0.2, -0.15) is 0 Å². The van der Waals surface area contributed by atoms with Crippen molar-refractivity contribution in [2.24, 2.45) is 11.8 Å². The zero-order valence-corrected chi connectivity index (χ0v) is 20.1. The summed E-state index contributed by atoms with van der Waals surface area (Å²) < 4.78 is 11.8. The summed E-state index contributed by atoms with van der Waals surface area (Å²) in [6.07, 6.45) is 1.33. The normalized spacial score (nSPS) is 23.8. The molecule has 1 saturated carbocycles. The van der Waals surface area contributed by atoms with Crippen LogP contribution in [0.2, 0.25) is 19.6 Å². The number of hydrogen-bond donors (Lipinski definition) is 1. The third-order valence-corrected chi connectivity index (χ3v) is 8.37. The molecule has 3 rings (SSSR count). The van der Waals surface area contributed by atoms with E-state index in [0.29, 0.717) is 5.92 Å². The lowest BCUT2D eigenvalue weighted by molar-refractivity contribution is -0.167. The number of benzene rings is 1. The number of hydrogen-bond acceptors (Lipinski definition) is 4. The second-order valence-corrected chi connectivity index (χ2v) is 15.4. The number of carbonyl (C=O) groups is 1. The number of aliphatic hydroxyl groups excluding tert-OH is 1. The summed E-state index contributed by atoms with van der Waals surface area (Å²) in [5.74, 6) is 0.353. The molecule has 5 heteroatoms.